The fraction of sp³-hybridized carbons (Fsp3) is 0.500. The minimum absolute atomic E-state index is 0.285. The van der Waals surface area contributed by atoms with Gasteiger partial charge in [-0.1, -0.05) is 34.2 Å². The van der Waals surface area contributed by atoms with Gasteiger partial charge in [-0.15, -0.1) is 0 Å². The summed E-state index contributed by atoms with van der Waals surface area (Å²) in [6.45, 7) is 2.22. The fourth-order valence-corrected chi connectivity index (χ4v) is 1.02. The van der Waals surface area contributed by atoms with Crippen molar-refractivity contribution < 1.29 is 9.53 Å². The maximum atomic E-state index is 10.8. The summed E-state index contributed by atoms with van der Waals surface area (Å²) in [5.41, 5.74) is 0. The molecular weight excluding hydrogens is 232 g/mol. The Balaban J connectivity index is 3.49. The number of allylic oxidation sites excluding steroid dienone is 3. The van der Waals surface area contributed by atoms with Crippen molar-refractivity contribution in [3.8, 4) is 0 Å². The van der Waals surface area contributed by atoms with Gasteiger partial charge in [0.1, 0.15) is 0 Å². The summed E-state index contributed by atoms with van der Waals surface area (Å²) in [6, 6.07) is 0. The highest BCUT2D eigenvalue weighted by Gasteiger charge is 1.89. The van der Waals surface area contributed by atoms with Crippen LogP contribution in [0.5, 0.6) is 0 Å². The lowest BCUT2D eigenvalue weighted by atomic mass is 10.3. The topological polar surface area (TPSA) is 26.3 Å². The van der Waals surface area contributed by atoms with Crippen molar-refractivity contribution in [3.05, 3.63) is 24.3 Å². The smallest absolute Gasteiger partial charge is 0.330 e. The monoisotopic (exact) mass is 246 g/mol. The molecule has 0 saturated carbocycles. The van der Waals surface area contributed by atoms with E-state index < -0.39 is 0 Å². The summed E-state index contributed by atoms with van der Waals surface area (Å²) in [6.07, 6.45) is 9.15. The van der Waals surface area contributed by atoms with Gasteiger partial charge in [0.25, 0.3) is 0 Å². The molecule has 0 aliphatic rings. The molecule has 0 atom stereocenters. The molecule has 0 saturated heterocycles. The third-order valence-corrected chi connectivity index (χ3v) is 1.83. The van der Waals surface area contributed by atoms with Crippen LogP contribution < -0.4 is 0 Å². The van der Waals surface area contributed by atoms with Gasteiger partial charge in [-0.05, 0) is 19.8 Å². The number of hydrogen-bond donors (Lipinski definition) is 0. The lowest BCUT2D eigenvalue weighted by Gasteiger charge is -1.92. The van der Waals surface area contributed by atoms with Crippen molar-refractivity contribution in [2.75, 3.05) is 11.9 Å². The average molecular weight is 247 g/mol. The molecule has 0 N–H and O–H groups in total. The van der Waals surface area contributed by atoms with Crippen LogP contribution in [0.3, 0.4) is 0 Å². The number of esters is 1. The molecule has 0 aromatic heterocycles. The molecule has 0 aliphatic heterocycles. The van der Waals surface area contributed by atoms with Crippen molar-refractivity contribution in [1.82, 2.24) is 0 Å². The van der Waals surface area contributed by atoms with Crippen molar-refractivity contribution in [1.29, 1.82) is 0 Å². The molecule has 0 radical (unpaired) electrons. The summed E-state index contributed by atoms with van der Waals surface area (Å²) in [7, 11) is 0. The predicted octanol–water partition coefficient (Wildman–Crippen LogP) is 2.84. The van der Waals surface area contributed by atoms with Crippen molar-refractivity contribution in [2.24, 2.45) is 0 Å². The molecular formula is C10H15BrO2. The van der Waals surface area contributed by atoms with Crippen LogP contribution in [0, 0.1) is 0 Å². The molecule has 0 amide bonds. The van der Waals surface area contributed by atoms with Crippen LogP contribution >= 0.6 is 15.9 Å². The van der Waals surface area contributed by atoms with Gasteiger partial charge in [0.2, 0.25) is 0 Å². The first-order valence-electron chi connectivity index (χ1n) is 4.37. The Morgan fingerprint density at radius 1 is 1.46 bits per heavy atom. The summed E-state index contributed by atoms with van der Waals surface area (Å²) < 4.78 is 4.70. The Labute approximate surface area is 87.8 Å². The number of carbonyl (C=O) groups excluding carboxylic acids is 1. The predicted molar refractivity (Wildman–Crippen MR) is 57.9 cm³/mol. The quantitative estimate of drug-likeness (QED) is 0.237. The Bertz CT molecular complexity index is 185. The van der Waals surface area contributed by atoms with Crippen LogP contribution in [0.15, 0.2) is 24.3 Å². The maximum absolute atomic E-state index is 10.8. The van der Waals surface area contributed by atoms with Gasteiger partial charge in [0.05, 0.1) is 6.61 Å². The first-order chi connectivity index (χ1) is 6.31. The third-order valence-electron chi connectivity index (χ3n) is 1.27. The van der Waals surface area contributed by atoms with Crippen molar-refractivity contribution >= 4 is 21.9 Å². The van der Waals surface area contributed by atoms with Gasteiger partial charge in [-0.3, -0.25) is 0 Å². The number of rotatable bonds is 6. The number of hydrogen-bond acceptors (Lipinski definition) is 2. The Morgan fingerprint density at radius 3 is 2.85 bits per heavy atom. The summed E-state index contributed by atoms with van der Waals surface area (Å²) in [5.74, 6) is -0.285. The number of halogens is 1. The van der Waals surface area contributed by atoms with Crippen molar-refractivity contribution in [3.63, 3.8) is 0 Å². The van der Waals surface area contributed by atoms with E-state index in [0.29, 0.717) is 6.61 Å². The average Bonchev–Trinajstić information content (AvgIpc) is 2.11. The number of unbranched alkanes of at least 4 members (excludes halogenated alkanes) is 1. The molecule has 0 aromatic carbocycles. The number of carbonyl (C=O) groups is 1. The van der Waals surface area contributed by atoms with Crippen LogP contribution in [0.4, 0.5) is 0 Å². The highest BCUT2D eigenvalue weighted by atomic mass is 79.9. The molecule has 13 heavy (non-hydrogen) atoms. The van der Waals surface area contributed by atoms with Gasteiger partial charge in [0, 0.05) is 11.4 Å². The zero-order valence-electron chi connectivity index (χ0n) is 7.83. The molecule has 0 aromatic rings. The Morgan fingerprint density at radius 2 is 2.23 bits per heavy atom. The molecule has 74 valence electrons. The fourth-order valence-electron chi connectivity index (χ4n) is 0.694. The minimum atomic E-state index is -0.285. The van der Waals surface area contributed by atoms with Crippen LogP contribution in [0.2, 0.25) is 0 Å². The SMILES string of the molecule is CCOC(=O)/C=C/C=C/CCCBr. The molecule has 0 spiro atoms. The zero-order valence-corrected chi connectivity index (χ0v) is 9.42. The number of alkyl halides is 1. The first-order valence-corrected chi connectivity index (χ1v) is 5.49. The van der Waals surface area contributed by atoms with E-state index >= 15 is 0 Å². The Hall–Kier alpha value is -0.570. The van der Waals surface area contributed by atoms with Crippen LogP contribution in [-0.2, 0) is 9.53 Å². The summed E-state index contributed by atoms with van der Waals surface area (Å²) in [5, 5.41) is 1.01. The molecule has 0 fully saturated rings. The summed E-state index contributed by atoms with van der Waals surface area (Å²) in [4.78, 5) is 10.8. The molecule has 0 bridgehead atoms. The van der Waals surface area contributed by atoms with E-state index in [1.165, 1.54) is 6.08 Å². The van der Waals surface area contributed by atoms with E-state index in [4.69, 9.17) is 4.74 Å². The van der Waals surface area contributed by atoms with E-state index in [1.54, 1.807) is 13.0 Å². The molecule has 0 unspecified atom stereocenters. The second-order valence-electron chi connectivity index (χ2n) is 2.37. The van der Waals surface area contributed by atoms with Gasteiger partial charge in [-0.2, -0.15) is 0 Å². The van der Waals surface area contributed by atoms with Gasteiger partial charge in [0.15, 0.2) is 0 Å². The second kappa shape index (κ2) is 9.52. The van der Waals surface area contributed by atoms with Crippen LogP contribution in [-0.4, -0.2) is 17.9 Å². The lowest BCUT2D eigenvalue weighted by Crippen LogP contribution is -1.98. The van der Waals surface area contributed by atoms with Gasteiger partial charge < -0.3 is 4.74 Å². The normalized spacial score (nSPS) is 11.2. The van der Waals surface area contributed by atoms with Gasteiger partial charge >= 0.3 is 5.97 Å². The largest absolute Gasteiger partial charge is 0.463 e. The van der Waals surface area contributed by atoms with Crippen molar-refractivity contribution in [2.45, 2.75) is 19.8 Å². The standard InChI is InChI=1S/C10H15BrO2/c1-2-13-10(12)8-6-4-3-5-7-9-11/h3-4,6,8H,2,5,7,9H2,1H3/b4-3+,8-6+. The highest BCUT2D eigenvalue weighted by Crippen LogP contribution is 1.95. The minimum Gasteiger partial charge on any atom is -0.463 e. The second-order valence-corrected chi connectivity index (χ2v) is 3.16. The lowest BCUT2D eigenvalue weighted by molar-refractivity contribution is -0.137. The summed E-state index contributed by atoms with van der Waals surface area (Å²) >= 11 is 3.34. The van der Waals surface area contributed by atoms with Crippen LogP contribution in [0.1, 0.15) is 19.8 Å². The first kappa shape index (κ1) is 12.4. The van der Waals surface area contributed by atoms with E-state index in [0.717, 1.165) is 18.2 Å². The maximum Gasteiger partial charge on any atom is 0.330 e. The highest BCUT2D eigenvalue weighted by molar-refractivity contribution is 9.09. The molecule has 0 rings (SSSR count). The molecule has 3 heteroatoms. The van der Waals surface area contributed by atoms with E-state index in [2.05, 4.69) is 15.9 Å². The number of ether oxygens (including phenoxy) is 1. The van der Waals surface area contributed by atoms with E-state index in [9.17, 15) is 4.79 Å². The van der Waals surface area contributed by atoms with Crippen LogP contribution in [0.25, 0.3) is 0 Å². The van der Waals surface area contributed by atoms with E-state index in [-0.39, 0.29) is 5.97 Å². The molecule has 2 nitrogen and oxygen atoms in total. The Kier molecular flexibility index (Phi) is 9.10. The van der Waals surface area contributed by atoms with E-state index in [1.807, 2.05) is 12.2 Å². The molecule has 0 aliphatic carbocycles. The van der Waals surface area contributed by atoms with Gasteiger partial charge in [-0.25, -0.2) is 4.79 Å². The third kappa shape index (κ3) is 9.34. The molecule has 0 heterocycles. The zero-order chi connectivity index (χ0) is 9.94.